The van der Waals surface area contributed by atoms with Crippen LogP contribution >= 0.6 is 0 Å². The average molecular weight is 379 g/mol. The maximum absolute atomic E-state index is 11.7. The number of hydrogen-bond donors (Lipinski definition) is 2. The van der Waals surface area contributed by atoms with Crippen LogP contribution in [0.15, 0.2) is 36.4 Å². The van der Waals surface area contributed by atoms with E-state index in [1.54, 1.807) is 6.92 Å². The second-order valence-corrected chi connectivity index (χ2v) is 7.42. The van der Waals surface area contributed by atoms with E-state index in [0.29, 0.717) is 5.82 Å². The topological polar surface area (TPSA) is 91.7 Å². The molecule has 2 N–H and O–H groups in total. The minimum atomic E-state index is -0.0315. The van der Waals surface area contributed by atoms with Gasteiger partial charge >= 0.3 is 0 Å². The Kier molecular flexibility index (Phi) is 4.95. The summed E-state index contributed by atoms with van der Waals surface area (Å²) in [6, 6.07) is 12.0. The first kappa shape index (κ1) is 18.4. The Labute approximate surface area is 164 Å². The van der Waals surface area contributed by atoms with Crippen LogP contribution in [0.3, 0.4) is 0 Å². The number of carbonyl (C=O) groups is 1. The largest absolute Gasteiger partial charge is 0.352 e. The van der Waals surface area contributed by atoms with Crippen LogP contribution in [0, 0.1) is 6.92 Å². The van der Waals surface area contributed by atoms with Gasteiger partial charge in [-0.05, 0) is 13.0 Å². The second kappa shape index (κ2) is 7.55. The first-order valence-corrected chi connectivity index (χ1v) is 9.46. The molecular weight excluding hydrogens is 354 g/mol. The number of benzene rings is 1. The van der Waals surface area contributed by atoms with Crippen LogP contribution in [0.5, 0.6) is 0 Å². The maximum atomic E-state index is 11.7. The minimum Gasteiger partial charge on any atom is -0.352 e. The maximum Gasteiger partial charge on any atom is 0.217 e. The van der Waals surface area contributed by atoms with E-state index in [-0.39, 0.29) is 17.9 Å². The van der Waals surface area contributed by atoms with Crippen molar-refractivity contribution in [3.05, 3.63) is 53.6 Å². The van der Waals surface area contributed by atoms with Crippen LogP contribution in [0.2, 0.25) is 0 Å². The zero-order valence-electron chi connectivity index (χ0n) is 16.4. The fourth-order valence-electron chi connectivity index (χ4n) is 3.90. The molecular formula is C20H25N7O. The summed E-state index contributed by atoms with van der Waals surface area (Å²) < 4.78 is 1.91. The number of likely N-dealkylation sites (tertiary alicyclic amines) is 1. The summed E-state index contributed by atoms with van der Waals surface area (Å²) >= 11 is 0. The minimum absolute atomic E-state index is 0.0107. The van der Waals surface area contributed by atoms with Gasteiger partial charge in [0.2, 0.25) is 5.91 Å². The third-order valence-electron chi connectivity index (χ3n) is 5.15. The zero-order valence-corrected chi connectivity index (χ0v) is 16.4. The SMILES string of the molecule is CC(=O)NC1CN(Cc2cc(C)nn2C)CC1c1nc(-c2ccccc2)n[nH]1. The van der Waals surface area contributed by atoms with Crippen LogP contribution < -0.4 is 5.32 Å². The summed E-state index contributed by atoms with van der Waals surface area (Å²) in [5, 5.41) is 15.0. The molecule has 2 unspecified atom stereocenters. The molecule has 0 saturated carbocycles. The molecule has 0 spiro atoms. The van der Waals surface area contributed by atoms with E-state index < -0.39 is 0 Å². The van der Waals surface area contributed by atoms with Gasteiger partial charge in [-0.2, -0.15) is 10.2 Å². The first-order valence-electron chi connectivity index (χ1n) is 9.46. The Morgan fingerprint density at radius 1 is 1.29 bits per heavy atom. The number of rotatable bonds is 5. The van der Waals surface area contributed by atoms with Gasteiger partial charge in [0, 0.05) is 39.2 Å². The number of aryl methyl sites for hydroxylation is 2. The number of nitrogens with one attached hydrogen (secondary N) is 2. The van der Waals surface area contributed by atoms with E-state index in [1.165, 1.54) is 0 Å². The Morgan fingerprint density at radius 3 is 2.75 bits per heavy atom. The van der Waals surface area contributed by atoms with Crippen LogP contribution in [-0.4, -0.2) is 54.9 Å². The molecule has 1 saturated heterocycles. The lowest BCUT2D eigenvalue weighted by Gasteiger charge is -2.16. The fraction of sp³-hybridized carbons (Fsp3) is 0.400. The predicted molar refractivity (Wildman–Crippen MR) is 105 cm³/mol. The van der Waals surface area contributed by atoms with E-state index >= 15 is 0 Å². The molecule has 8 heteroatoms. The van der Waals surface area contributed by atoms with Gasteiger partial charge in [0.15, 0.2) is 5.82 Å². The lowest BCUT2D eigenvalue weighted by molar-refractivity contribution is -0.119. The van der Waals surface area contributed by atoms with Crippen LogP contribution in [-0.2, 0) is 18.4 Å². The van der Waals surface area contributed by atoms with Crippen molar-refractivity contribution in [1.29, 1.82) is 0 Å². The highest BCUT2D eigenvalue weighted by Gasteiger charge is 2.36. The van der Waals surface area contributed by atoms with Gasteiger partial charge in [-0.3, -0.25) is 19.5 Å². The van der Waals surface area contributed by atoms with Crippen LogP contribution in [0.1, 0.15) is 30.1 Å². The third kappa shape index (κ3) is 3.82. The molecule has 0 aliphatic carbocycles. The summed E-state index contributed by atoms with van der Waals surface area (Å²) in [6.07, 6.45) is 0. The van der Waals surface area contributed by atoms with Crippen molar-refractivity contribution in [3.8, 4) is 11.4 Å². The van der Waals surface area contributed by atoms with Crippen molar-refractivity contribution in [2.45, 2.75) is 32.4 Å². The number of H-pyrrole nitrogens is 1. The molecule has 1 aliphatic rings. The lowest BCUT2D eigenvalue weighted by Crippen LogP contribution is -2.38. The number of amides is 1. The molecule has 2 atom stereocenters. The standard InChI is InChI=1S/C20H25N7O/c1-13-9-16(26(3)25-13)10-27-11-17(18(12-27)21-14(2)28)20-22-19(23-24-20)15-7-5-4-6-8-15/h4-9,17-18H,10-12H2,1-3H3,(H,21,28)(H,22,23,24). The van der Waals surface area contributed by atoms with E-state index in [2.05, 4.69) is 31.6 Å². The van der Waals surface area contributed by atoms with Gasteiger partial charge < -0.3 is 5.32 Å². The van der Waals surface area contributed by atoms with E-state index in [0.717, 1.165) is 42.4 Å². The summed E-state index contributed by atoms with van der Waals surface area (Å²) in [7, 11) is 1.96. The van der Waals surface area contributed by atoms with Gasteiger partial charge in [0.05, 0.1) is 23.3 Å². The molecule has 28 heavy (non-hydrogen) atoms. The molecule has 3 aromatic rings. The van der Waals surface area contributed by atoms with E-state index in [1.807, 2.05) is 49.0 Å². The lowest BCUT2D eigenvalue weighted by atomic mass is 10.0. The zero-order chi connectivity index (χ0) is 19.7. The molecule has 3 heterocycles. The molecule has 1 amide bonds. The summed E-state index contributed by atoms with van der Waals surface area (Å²) in [5.41, 5.74) is 3.14. The molecule has 8 nitrogen and oxygen atoms in total. The molecule has 146 valence electrons. The molecule has 1 aromatic carbocycles. The van der Waals surface area contributed by atoms with Gasteiger partial charge in [0.1, 0.15) is 5.82 Å². The number of aromatic amines is 1. The highest BCUT2D eigenvalue weighted by atomic mass is 16.1. The summed E-state index contributed by atoms with van der Waals surface area (Å²) in [4.78, 5) is 18.8. The third-order valence-corrected chi connectivity index (χ3v) is 5.15. The van der Waals surface area contributed by atoms with Crippen molar-refractivity contribution in [3.63, 3.8) is 0 Å². The highest BCUT2D eigenvalue weighted by Crippen LogP contribution is 2.28. The molecule has 1 aliphatic heterocycles. The molecule has 1 fully saturated rings. The predicted octanol–water partition coefficient (Wildman–Crippen LogP) is 1.62. The van der Waals surface area contributed by atoms with Crippen molar-refractivity contribution < 1.29 is 4.79 Å². The average Bonchev–Trinajstić information content (AvgIpc) is 3.35. The molecule has 2 aromatic heterocycles. The molecule has 0 radical (unpaired) electrons. The second-order valence-electron chi connectivity index (χ2n) is 7.42. The molecule has 4 rings (SSSR count). The Morgan fingerprint density at radius 2 is 2.07 bits per heavy atom. The number of nitrogens with zero attached hydrogens (tertiary/aromatic N) is 5. The van der Waals surface area contributed by atoms with E-state index in [9.17, 15) is 4.79 Å². The quantitative estimate of drug-likeness (QED) is 0.703. The van der Waals surface area contributed by atoms with Gasteiger partial charge in [0.25, 0.3) is 0 Å². The number of aromatic nitrogens is 5. The molecule has 0 bridgehead atoms. The number of hydrogen-bond acceptors (Lipinski definition) is 5. The Balaban J connectivity index is 1.55. The normalized spacial score (nSPS) is 19.8. The van der Waals surface area contributed by atoms with Crippen molar-refractivity contribution in [1.82, 2.24) is 35.2 Å². The van der Waals surface area contributed by atoms with Crippen LogP contribution in [0.4, 0.5) is 0 Å². The monoisotopic (exact) mass is 379 g/mol. The van der Waals surface area contributed by atoms with Crippen molar-refractivity contribution >= 4 is 5.91 Å². The van der Waals surface area contributed by atoms with Gasteiger partial charge in [-0.1, -0.05) is 30.3 Å². The summed E-state index contributed by atoms with van der Waals surface area (Å²) in [5.74, 6) is 1.51. The summed E-state index contributed by atoms with van der Waals surface area (Å²) in [6.45, 7) is 5.88. The van der Waals surface area contributed by atoms with Crippen molar-refractivity contribution in [2.75, 3.05) is 13.1 Å². The Bertz CT molecular complexity index is 962. The van der Waals surface area contributed by atoms with Crippen molar-refractivity contribution in [2.24, 2.45) is 7.05 Å². The Hall–Kier alpha value is -3.00. The van der Waals surface area contributed by atoms with Gasteiger partial charge in [-0.25, -0.2) is 4.98 Å². The fourth-order valence-corrected chi connectivity index (χ4v) is 3.90. The highest BCUT2D eigenvalue weighted by molar-refractivity contribution is 5.73. The first-order chi connectivity index (χ1) is 13.5. The van der Waals surface area contributed by atoms with E-state index in [4.69, 9.17) is 4.98 Å². The van der Waals surface area contributed by atoms with Crippen LogP contribution in [0.25, 0.3) is 11.4 Å². The smallest absolute Gasteiger partial charge is 0.217 e. The van der Waals surface area contributed by atoms with Gasteiger partial charge in [-0.15, -0.1) is 0 Å². The number of carbonyl (C=O) groups excluding carboxylic acids is 1.